The number of ether oxygens (including phenoxy) is 1. The summed E-state index contributed by atoms with van der Waals surface area (Å²) < 4.78 is 5.52. The minimum Gasteiger partial charge on any atom is -0.494 e. The number of nitrogens with zero attached hydrogens (tertiary/aromatic N) is 1. The predicted molar refractivity (Wildman–Crippen MR) is 80.1 cm³/mol. The van der Waals surface area contributed by atoms with Gasteiger partial charge in [-0.1, -0.05) is 13.0 Å². The molecule has 0 aromatic heterocycles. The number of hydrogen-bond donors (Lipinski definition) is 1. The van der Waals surface area contributed by atoms with Crippen molar-refractivity contribution in [3.8, 4) is 5.75 Å². The molecule has 0 aliphatic carbocycles. The zero-order chi connectivity index (χ0) is 13.5. The van der Waals surface area contributed by atoms with Crippen LogP contribution < -0.4 is 10.5 Å². The number of carbonyl (C=O) groups is 1. The van der Waals surface area contributed by atoms with Crippen LogP contribution in [-0.2, 0) is 0 Å². The first kappa shape index (κ1) is 17.7. The maximum Gasteiger partial charge on any atom is 0.254 e. The van der Waals surface area contributed by atoms with Gasteiger partial charge in [-0.25, -0.2) is 0 Å². The molecular weight excluding hydrogens is 264 g/mol. The Morgan fingerprint density at radius 1 is 1.47 bits per heavy atom. The molecule has 108 valence electrons. The molecule has 2 N–H and O–H groups in total. The van der Waals surface area contributed by atoms with Crippen molar-refractivity contribution in [2.75, 3.05) is 20.2 Å². The lowest BCUT2D eigenvalue weighted by molar-refractivity contribution is 0.0748. The van der Waals surface area contributed by atoms with E-state index in [4.69, 9.17) is 10.5 Å². The molecule has 0 aliphatic heterocycles. The molecule has 1 aromatic rings. The highest BCUT2D eigenvalue weighted by Gasteiger charge is 2.16. The van der Waals surface area contributed by atoms with E-state index in [-0.39, 0.29) is 24.4 Å². The molecule has 0 saturated carbocycles. The van der Waals surface area contributed by atoms with Crippen molar-refractivity contribution >= 4 is 18.3 Å². The summed E-state index contributed by atoms with van der Waals surface area (Å²) in [4.78, 5) is 13.8. The number of likely N-dealkylation sites (N-methyl/N-ethyl adjacent to an activating group) is 1. The summed E-state index contributed by atoms with van der Waals surface area (Å²) in [7, 11) is 1.76. The fourth-order valence-corrected chi connectivity index (χ4v) is 1.50. The normalized spacial score (nSPS) is 11.4. The minimum absolute atomic E-state index is 0. The average molecular weight is 287 g/mol. The third-order valence-corrected chi connectivity index (χ3v) is 2.88. The second kappa shape index (κ2) is 8.77. The SMILES string of the molecule is CCCOc1cccc(C(=O)N(C)C(C)CN)c1.Cl. The Morgan fingerprint density at radius 3 is 2.74 bits per heavy atom. The van der Waals surface area contributed by atoms with Crippen molar-refractivity contribution in [3.05, 3.63) is 29.8 Å². The van der Waals surface area contributed by atoms with Gasteiger partial charge in [0.2, 0.25) is 0 Å². The van der Waals surface area contributed by atoms with Crippen LogP contribution in [0.4, 0.5) is 0 Å². The van der Waals surface area contributed by atoms with Gasteiger partial charge >= 0.3 is 0 Å². The first-order valence-electron chi connectivity index (χ1n) is 6.30. The summed E-state index contributed by atoms with van der Waals surface area (Å²) in [5.41, 5.74) is 6.20. The number of benzene rings is 1. The van der Waals surface area contributed by atoms with Crippen LogP contribution in [-0.4, -0.2) is 37.0 Å². The van der Waals surface area contributed by atoms with E-state index in [9.17, 15) is 4.79 Å². The average Bonchev–Trinajstić information content (AvgIpc) is 2.42. The van der Waals surface area contributed by atoms with Gasteiger partial charge in [0.05, 0.1) is 6.61 Å². The van der Waals surface area contributed by atoms with Crippen LogP contribution in [0.3, 0.4) is 0 Å². The molecule has 0 saturated heterocycles. The van der Waals surface area contributed by atoms with Crippen LogP contribution in [0, 0.1) is 0 Å². The van der Waals surface area contributed by atoms with Crippen molar-refractivity contribution in [3.63, 3.8) is 0 Å². The summed E-state index contributed by atoms with van der Waals surface area (Å²) in [6.07, 6.45) is 0.947. The molecule has 1 amide bonds. The molecule has 1 unspecified atom stereocenters. The minimum atomic E-state index is -0.0325. The molecule has 0 radical (unpaired) electrons. The Morgan fingerprint density at radius 2 is 2.16 bits per heavy atom. The lowest BCUT2D eigenvalue weighted by Gasteiger charge is -2.23. The highest BCUT2D eigenvalue weighted by molar-refractivity contribution is 5.94. The standard InChI is InChI=1S/C14H22N2O2.ClH/c1-4-8-18-13-7-5-6-12(9-13)14(17)16(3)11(2)10-15;/h5-7,9,11H,4,8,10,15H2,1-3H3;1H. The molecule has 0 spiro atoms. The van der Waals surface area contributed by atoms with E-state index in [1.165, 1.54) is 0 Å². The molecule has 0 bridgehead atoms. The van der Waals surface area contributed by atoms with E-state index in [2.05, 4.69) is 0 Å². The molecule has 0 aliphatic rings. The van der Waals surface area contributed by atoms with Crippen LogP contribution in [0.1, 0.15) is 30.6 Å². The second-order valence-electron chi connectivity index (χ2n) is 4.38. The Labute approximate surface area is 121 Å². The quantitative estimate of drug-likeness (QED) is 0.873. The maximum absolute atomic E-state index is 12.2. The summed E-state index contributed by atoms with van der Waals surface area (Å²) in [5, 5.41) is 0. The Bertz CT molecular complexity index is 399. The largest absolute Gasteiger partial charge is 0.494 e. The van der Waals surface area contributed by atoms with E-state index >= 15 is 0 Å². The fourth-order valence-electron chi connectivity index (χ4n) is 1.50. The van der Waals surface area contributed by atoms with Gasteiger partial charge in [-0.05, 0) is 31.5 Å². The molecule has 5 heteroatoms. The van der Waals surface area contributed by atoms with E-state index in [0.29, 0.717) is 18.7 Å². The molecule has 0 heterocycles. The molecule has 4 nitrogen and oxygen atoms in total. The molecule has 1 atom stereocenters. The topological polar surface area (TPSA) is 55.6 Å². The summed E-state index contributed by atoms with van der Waals surface area (Å²) in [6, 6.07) is 7.29. The van der Waals surface area contributed by atoms with Gasteiger partial charge in [-0.2, -0.15) is 0 Å². The monoisotopic (exact) mass is 286 g/mol. The smallest absolute Gasteiger partial charge is 0.254 e. The van der Waals surface area contributed by atoms with E-state index in [1.54, 1.807) is 24.1 Å². The van der Waals surface area contributed by atoms with Crippen LogP contribution in [0.15, 0.2) is 24.3 Å². The maximum atomic E-state index is 12.2. The summed E-state index contributed by atoms with van der Waals surface area (Å²) >= 11 is 0. The molecule has 0 fully saturated rings. The molecule has 1 aromatic carbocycles. The fraction of sp³-hybridized carbons (Fsp3) is 0.500. The number of carbonyl (C=O) groups excluding carboxylic acids is 1. The Kier molecular flexibility index (Phi) is 8.19. The number of nitrogens with two attached hydrogens (primary N) is 1. The third kappa shape index (κ3) is 5.09. The second-order valence-corrected chi connectivity index (χ2v) is 4.38. The number of hydrogen-bond acceptors (Lipinski definition) is 3. The lowest BCUT2D eigenvalue weighted by Crippen LogP contribution is -2.39. The van der Waals surface area contributed by atoms with Crippen LogP contribution in [0.2, 0.25) is 0 Å². The lowest BCUT2D eigenvalue weighted by atomic mass is 10.1. The van der Waals surface area contributed by atoms with Crippen molar-refractivity contribution in [2.45, 2.75) is 26.3 Å². The zero-order valence-electron chi connectivity index (χ0n) is 11.8. The number of rotatable bonds is 6. The van der Waals surface area contributed by atoms with Gasteiger partial charge in [0.25, 0.3) is 5.91 Å². The van der Waals surface area contributed by atoms with E-state index in [0.717, 1.165) is 12.2 Å². The number of amides is 1. The predicted octanol–water partition coefficient (Wildman–Crippen LogP) is 2.32. The van der Waals surface area contributed by atoms with Gasteiger partial charge in [0.1, 0.15) is 5.75 Å². The zero-order valence-corrected chi connectivity index (χ0v) is 12.6. The van der Waals surface area contributed by atoms with Crippen LogP contribution in [0.25, 0.3) is 0 Å². The van der Waals surface area contributed by atoms with Crippen molar-refractivity contribution in [1.29, 1.82) is 0 Å². The van der Waals surface area contributed by atoms with E-state index < -0.39 is 0 Å². The molecule has 1 rings (SSSR count). The van der Waals surface area contributed by atoms with Gasteiger partial charge in [-0.15, -0.1) is 12.4 Å². The third-order valence-electron chi connectivity index (χ3n) is 2.88. The summed E-state index contributed by atoms with van der Waals surface area (Å²) in [6.45, 7) is 5.09. The Hall–Kier alpha value is -1.26. The van der Waals surface area contributed by atoms with Gasteiger partial charge in [0, 0.05) is 25.2 Å². The van der Waals surface area contributed by atoms with Gasteiger partial charge in [-0.3, -0.25) is 4.79 Å². The van der Waals surface area contributed by atoms with Gasteiger partial charge in [0.15, 0.2) is 0 Å². The van der Waals surface area contributed by atoms with Gasteiger partial charge < -0.3 is 15.4 Å². The van der Waals surface area contributed by atoms with E-state index in [1.807, 2.05) is 26.0 Å². The van der Waals surface area contributed by atoms with Crippen molar-refractivity contribution in [1.82, 2.24) is 4.90 Å². The Balaban J connectivity index is 0.00000324. The van der Waals surface area contributed by atoms with Crippen molar-refractivity contribution in [2.24, 2.45) is 5.73 Å². The highest BCUT2D eigenvalue weighted by Crippen LogP contribution is 2.15. The molecule has 19 heavy (non-hydrogen) atoms. The first-order chi connectivity index (χ1) is 8.60. The highest BCUT2D eigenvalue weighted by atomic mass is 35.5. The summed E-state index contributed by atoms with van der Waals surface area (Å²) in [5.74, 6) is 0.700. The van der Waals surface area contributed by atoms with Crippen molar-refractivity contribution < 1.29 is 9.53 Å². The number of halogens is 1. The van der Waals surface area contributed by atoms with Crippen LogP contribution in [0.5, 0.6) is 5.75 Å². The first-order valence-corrected chi connectivity index (χ1v) is 6.30. The molecular formula is C14H23ClN2O2. The van der Waals surface area contributed by atoms with Crippen LogP contribution >= 0.6 is 12.4 Å².